The van der Waals surface area contributed by atoms with Crippen molar-refractivity contribution in [3.05, 3.63) is 217 Å². The van der Waals surface area contributed by atoms with Gasteiger partial charge < -0.3 is 34.0 Å². The zero-order chi connectivity index (χ0) is 32.5. The summed E-state index contributed by atoms with van der Waals surface area (Å²) in [5.74, 6) is 0. The van der Waals surface area contributed by atoms with Crippen LogP contribution in [0, 0.1) is 0 Å². The fraction of sp³-hybridized carbons (Fsp3) is 0.0870. The van der Waals surface area contributed by atoms with Crippen molar-refractivity contribution < 1.29 is 34.0 Å². The van der Waals surface area contributed by atoms with Gasteiger partial charge in [-0.05, 0) is 83.9 Å². The zero-order valence-electron chi connectivity index (χ0n) is 28.1. The SMILES string of the molecule is [Br-].[Br-].c1ccc([P+](CCc2ccc(CC[P+](c3ccccc3)(c3ccccc3)c3ccccc3)cc2)(c2ccccc2)c2ccccc2)cc1. The summed E-state index contributed by atoms with van der Waals surface area (Å²) in [4.78, 5) is 0. The quantitative estimate of drug-likeness (QED) is 0.167. The van der Waals surface area contributed by atoms with Crippen LogP contribution >= 0.6 is 14.5 Å². The molecule has 7 aromatic carbocycles. The van der Waals surface area contributed by atoms with E-state index in [2.05, 4.69) is 206 Å². The maximum Gasteiger partial charge on any atom is 0.112 e. The van der Waals surface area contributed by atoms with Gasteiger partial charge in [0.05, 0.1) is 12.3 Å². The number of benzene rings is 7. The Bertz CT molecular complexity index is 1650. The molecule has 4 heteroatoms. The maximum absolute atomic E-state index is 2.39. The highest BCUT2D eigenvalue weighted by Crippen LogP contribution is 2.56. The highest BCUT2D eigenvalue weighted by atomic mass is 79.9. The van der Waals surface area contributed by atoms with Crippen LogP contribution in [0.3, 0.4) is 0 Å². The normalized spacial score (nSPS) is 11.2. The summed E-state index contributed by atoms with van der Waals surface area (Å²) >= 11 is 0. The average molecular weight is 817 g/mol. The molecule has 0 N–H and O–H groups in total. The molecule has 0 aromatic heterocycles. The standard InChI is InChI=1S/C46H42P2.2BrH/c1-7-19-41(20-8-1)47(42-21-9-2-10-22-42,43-23-11-3-12-24-43)37-35-39-31-33-40(34-32-39)36-38-48(44-25-13-4-14-26-44,45-27-15-5-16-28-45)46-29-17-6-18-30-46;;/h1-34H,35-38H2;2*1H/q+2;;/p-2. The van der Waals surface area contributed by atoms with Crippen molar-refractivity contribution in [2.45, 2.75) is 12.8 Å². The minimum Gasteiger partial charge on any atom is -1.00 e. The molecule has 0 spiro atoms. The van der Waals surface area contributed by atoms with Gasteiger partial charge in [0.1, 0.15) is 46.4 Å². The molecule has 250 valence electrons. The van der Waals surface area contributed by atoms with E-state index in [1.165, 1.54) is 43.0 Å². The van der Waals surface area contributed by atoms with Crippen LogP contribution in [0.5, 0.6) is 0 Å². The van der Waals surface area contributed by atoms with E-state index in [0.717, 1.165) is 25.2 Å². The molecule has 50 heavy (non-hydrogen) atoms. The summed E-state index contributed by atoms with van der Waals surface area (Å²) in [5, 5.41) is 8.68. The Balaban J connectivity index is 0.00000243. The second-order valence-electron chi connectivity index (χ2n) is 12.4. The minimum atomic E-state index is -1.86. The predicted octanol–water partition coefficient (Wildman–Crippen LogP) is 2.77. The average Bonchev–Trinajstić information content (AvgIpc) is 3.18. The smallest absolute Gasteiger partial charge is 0.112 e. The second kappa shape index (κ2) is 18.0. The monoisotopic (exact) mass is 814 g/mol. The first-order valence-electron chi connectivity index (χ1n) is 17.0. The van der Waals surface area contributed by atoms with E-state index in [0.29, 0.717) is 0 Å². The van der Waals surface area contributed by atoms with Crippen molar-refractivity contribution in [2.75, 3.05) is 12.3 Å². The van der Waals surface area contributed by atoms with Gasteiger partial charge in [0.2, 0.25) is 0 Å². The Kier molecular flexibility index (Phi) is 13.6. The molecule has 0 fully saturated rings. The van der Waals surface area contributed by atoms with Crippen molar-refractivity contribution in [2.24, 2.45) is 0 Å². The Morgan fingerprint density at radius 2 is 0.420 bits per heavy atom. The third-order valence-corrected chi connectivity index (χ3v) is 18.5. The molecule has 0 aliphatic heterocycles. The summed E-state index contributed by atoms with van der Waals surface area (Å²) in [6.45, 7) is 0. The van der Waals surface area contributed by atoms with E-state index in [1.54, 1.807) is 0 Å². The lowest BCUT2D eigenvalue weighted by Crippen LogP contribution is -3.00. The fourth-order valence-corrected chi connectivity index (χ4v) is 15.8. The molecule has 0 nitrogen and oxygen atoms in total. The molecule has 0 aliphatic rings. The van der Waals surface area contributed by atoms with Gasteiger partial charge in [0.15, 0.2) is 0 Å². The highest BCUT2D eigenvalue weighted by Gasteiger charge is 2.46. The topological polar surface area (TPSA) is 0 Å². The lowest BCUT2D eigenvalue weighted by atomic mass is 10.1. The Morgan fingerprint density at radius 1 is 0.240 bits per heavy atom. The van der Waals surface area contributed by atoms with Crippen LogP contribution in [-0.4, -0.2) is 12.3 Å². The lowest BCUT2D eigenvalue weighted by molar-refractivity contribution is -0.001000. The molecule has 0 aliphatic carbocycles. The summed E-state index contributed by atoms with van der Waals surface area (Å²) in [6, 6.07) is 76.9. The van der Waals surface area contributed by atoms with Crippen molar-refractivity contribution in [1.82, 2.24) is 0 Å². The highest BCUT2D eigenvalue weighted by molar-refractivity contribution is 7.96. The van der Waals surface area contributed by atoms with Crippen LogP contribution in [0.15, 0.2) is 206 Å². The van der Waals surface area contributed by atoms with Crippen LogP contribution in [0.1, 0.15) is 11.1 Å². The number of aryl methyl sites for hydroxylation is 2. The molecule has 7 rings (SSSR count). The molecule has 0 bridgehead atoms. The number of rotatable bonds is 12. The molecule has 0 saturated heterocycles. The van der Waals surface area contributed by atoms with Crippen molar-refractivity contribution >= 4 is 46.4 Å². The van der Waals surface area contributed by atoms with Crippen LogP contribution < -0.4 is 65.8 Å². The molecule has 0 radical (unpaired) electrons. The molecule has 0 saturated carbocycles. The summed E-state index contributed by atoms with van der Waals surface area (Å²) in [6.07, 6.45) is 4.24. The number of halogens is 2. The van der Waals surface area contributed by atoms with E-state index in [1.807, 2.05) is 0 Å². The van der Waals surface area contributed by atoms with E-state index >= 15 is 0 Å². The number of hydrogen-bond donors (Lipinski definition) is 0. The van der Waals surface area contributed by atoms with Crippen LogP contribution in [0.25, 0.3) is 0 Å². The molecule has 0 amide bonds. The Labute approximate surface area is 320 Å². The van der Waals surface area contributed by atoms with Gasteiger partial charge in [-0.1, -0.05) is 133 Å². The summed E-state index contributed by atoms with van der Waals surface area (Å²) in [5.41, 5.74) is 2.81. The van der Waals surface area contributed by atoms with Gasteiger partial charge in [-0.25, -0.2) is 0 Å². The van der Waals surface area contributed by atoms with Gasteiger partial charge in [-0.15, -0.1) is 0 Å². The molecular formula is C46H42Br2P2. The van der Waals surface area contributed by atoms with Crippen molar-refractivity contribution in [1.29, 1.82) is 0 Å². The predicted molar refractivity (Wildman–Crippen MR) is 214 cm³/mol. The summed E-state index contributed by atoms with van der Waals surface area (Å²) < 4.78 is 0. The van der Waals surface area contributed by atoms with E-state index in [4.69, 9.17) is 0 Å². The minimum absolute atomic E-state index is 0. The Morgan fingerprint density at radius 3 is 0.600 bits per heavy atom. The van der Waals surface area contributed by atoms with Crippen molar-refractivity contribution in [3.63, 3.8) is 0 Å². The largest absolute Gasteiger partial charge is 1.00 e. The van der Waals surface area contributed by atoms with Crippen molar-refractivity contribution in [3.8, 4) is 0 Å². The first-order chi connectivity index (χ1) is 23.8. The first-order valence-corrected chi connectivity index (χ1v) is 20.9. The van der Waals surface area contributed by atoms with Gasteiger partial charge >= 0.3 is 0 Å². The first kappa shape index (κ1) is 37.6. The second-order valence-corrected chi connectivity index (χ2v) is 19.6. The van der Waals surface area contributed by atoms with Crippen LogP contribution in [-0.2, 0) is 12.8 Å². The van der Waals surface area contributed by atoms with E-state index in [9.17, 15) is 0 Å². The molecule has 0 heterocycles. The van der Waals surface area contributed by atoms with Gasteiger partial charge in [-0.3, -0.25) is 0 Å². The van der Waals surface area contributed by atoms with Crippen LogP contribution in [0.4, 0.5) is 0 Å². The van der Waals surface area contributed by atoms with Crippen LogP contribution in [0.2, 0.25) is 0 Å². The van der Waals surface area contributed by atoms with E-state index < -0.39 is 14.5 Å². The number of hydrogen-bond acceptors (Lipinski definition) is 0. The van der Waals surface area contributed by atoms with Gasteiger partial charge in [-0.2, -0.15) is 0 Å². The van der Waals surface area contributed by atoms with Gasteiger partial charge in [0, 0.05) is 12.8 Å². The third-order valence-electron chi connectivity index (χ3n) is 9.68. The third kappa shape index (κ3) is 7.96. The molecule has 7 aromatic rings. The fourth-order valence-electron chi connectivity index (χ4n) is 7.23. The lowest BCUT2D eigenvalue weighted by Gasteiger charge is -2.28. The van der Waals surface area contributed by atoms with Gasteiger partial charge in [0.25, 0.3) is 0 Å². The maximum atomic E-state index is 2.39. The molecule has 0 atom stereocenters. The Hall–Kier alpha value is -3.64. The molecular weight excluding hydrogens is 774 g/mol. The molecule has 0 unspecified atom stereocenters. The summed E-state index contributed by atoms with van der Waals surface area (Å²) in [7, 11) is -3.73. The zero-order valence-corrected chi connectivity index (χ0v) is 33.1. The van der Waals surface area contributed by atoms with E-state index in [-0.39, 0.29) is 34.0 Å².